The van der Waals surface area contributed by atoms with Crippen molar-refractivity contribution in [1.82, 2.24) is 10.2 Å². The summed E-state index contributed by atoms with van der Waals surface area (Å²) in [7, 11) is 0. The molecule has 3 nitrogen and oxygen atoms in total. The number of hydrogen-bond donors (Lipinski definition) is 1. The maximum absolute atomic E-state index is 13.0. The van der Waals surface area contributed by atoms with Crippen molar-refractivity contribution in [2.24, 2.45) is 0 Å². The minimum atomic E-state index is -0.292. The second-order valence-electron chi connectivity index (χ2n) is 4.74. The number of hydrogen-bond acceptors (Lipinski definition) is 3. The van der Waals surface area contributed by atoms with Crippen LogP contribution in [0.15, 0.2) is 18.2 Å². The largest absolute Gasteiger partial charge is 0.378 e. The molecule has 106 valence electrons. The third kappa shape index (κ3) is 4.14. The molecule has 0 aliphatic carbocycles. The number of nitrogens with zero attached hydrogens (tertiary/aromatic N) is 1. The first-order valence-corrected chi connectivity index (χ1v) is 7.05. The van der Waals surface area contributed by atoms with Gasteiger partial charge in [-0.25, -0.2) is 4.39 Å². The van der Waals surface area contributed by atoms with Gasteiger partial charge >= 0.3 is 0 Å². The molecule has 1 unspecified atom stereocenters. The zero-order chi connectivity index (χ0) is 13.7. The van der Waals surface area contributed by atoms with Gasteiger partial charge < -0.3 is 10.1 Å². The number of rotatable bonds is 5. The summed E-state index contributed by atoms with van der Waals surface area (Å²) < 4.78 is 18.6. The molecule has 1 aromatic carbocycles. The number of nitrogens with one attached hydrogen (secondary N) is 1. The Morgan fingerprint density at radius 3 is 3.11 bits per heavy atom. The second-order valence-corrected chi connectivity index (χ2v) is 5.15. The molecule has 1 saturated heterocycles. The first-order chi connectivity index (χ1) is 9.20. The number of halogens is 2. The van der Waals surface area contributed by atoms with Crippen LogP contribution in [-0.4, -0.2) is 43.8 Å². The fourth-order valence-electron chi connectivity index (χ4n) is 2.27. The third-order valence-electron chi connectivity index (χ3n) is 3.37. The Balaban J connectivity index is 2.02. The zero-order valence-corrected chi connectivity index (χ0v) is 11.9. The molecule has 2 rings (SSSR count). The Labute approximate surface area is 118 Å². The maximum atomic E-state index is 13.0. The maximum Gasteiger partial charge on any atom is 0.124 e. The molecule has 0 amide bonds. The minimum Gasteiger partial charge on any atom is -0.378 e. The highest BCUT2D eigenvalue weighted by molar-refractivity contribution is 6.31. The van der Waals surface area contributed by atoms with Crippen LogP contribution in [0.3, 0.4) is 0 Å². The van der Waals surface area contributed by atoms with Gasteiger partial charge in [0.25, 0.3) is 0 Å². The minimum absolute atomic E-state index is 0.292. The van der Waals surface area contributed by atoms with Crippen molar-refractivity contribution in [2.75, 3.05) is 32.8 Å². The quantitative estimate of drug-likeness (QED) is 0.899. The van der Waals surface area contributed by atoms with Gasteiger partial charge in [0.05, 0.1) is 13.2 Å². The standard InChI is InChI=1S/C14H20ClFN2O/c1-2-17-8-13-10-19-6-5-18(13)9-11-3-4-12(16)7-14(11)15/h3-4,7,13,17H,2,5-6,8-10H2,1H3. The van der Waals surface area contributed by atoms with E-state index in [2.05, 4.69) is 17.1 Å². The van der Waals surface area contributed by atoms with Crippen molar-refractivity contribution in [3.63, 3.8) is 0 Å². The summed E-state index contributed by atoms with van der Waals surface area (Å²) in [6.45, 7) is 7.01. The van der Waals surface area contributed by atoms with Gasteiger partial charge in [-0.05, 0) is 24.2 Å². The van der Waals surface area contributed by atoms with Crippen molar-refractivity contribution in [2.45, 2.75) is 19.5 Å². The van der Waals surface area contributed by atoms with E-state index < -0.39 is 0 Å². The van der Waals surface area contributed by atoms with Gasteiger partial charge in [-0.15, -0.1) is 0 Å². The van der Waals surface area contributed by atoms with Gasteiger partial charge in [-0.1, -0.05) is 24.6 Å². The van der Waals surface area contributed by atoms with Crippen LogP contribution in [-0.2, 0) is 11.3 Å². The molecule has 0 bridgehead atoms. The fourth-order valence-corrected chi connectivity index (χ4v) is 2.49. The summed E-state index contributed by atoms with van der Waals surface area (Å²) in [5.41, 5.74) is 0.964. The average Bonchev–Trinajstić information content (AvgIpc) is 2.41. The van der Waals surface area contributed by atoms with Crippen LogP contribution >= 0.6 is 11.6 Å². The van der Waals surface area contributed by atoms with Gasteiger partial charge in [0.2, 0.25) is 0 Å². The van der Waals surface area contributed by atoms with Crippen LogP contribution in [0.1, 0.15) is 12.5 Å². The smallest absolute Gasteiger partial charge is 0.124 e. The van der Waals surface area contributed by atoms with Crippen LogP contribution in [0.5, 0.6) is 0 Å². The van der Waals surface area contributed by atoms with Gasteiger partial charge in [-0.3, -0.25) is 4.90 Å². The van der Waals surface area contributed by atoms with Crippen LogP contribution in [0.4, 0.5) is 4.39 Å². The Morgan fingerprint density at radius 2 is 2.37 bits per heavy atom. The van der Waals surface area contributed by atoms with E-state index >= 15 is 0 Å². The number of likely N-dealkylation sites (N-methyl/N-ethyl adjacent to an activating group) is 1. The second kappa shape index (κ2) is 7.20. The molecule has 0 saturated carbocycles. The predicted molar refractivity (Wildman–Crippen MR) is 75.0 cm³/mol. The molecule has 0 radical (unpaired) electrons. The van der Waals surface area contributed by atoms with Crippen LogP contribution in [0.25, 0.3) is 0 Å². The average molecular weight is 287 g/mol. The molecule has 19 heavy (non-hydrogen) atoms. The topological polar surface area (TPSA) is 24.5 Å². The van der Waals surface area contributed by atoms with Crippen LogP contribution in [0.2, 0.25) is 5.02 Å². The summed E-state index contributed by atoms with van der Waals surface area (Å²) >= 11 is 6.09. The SMILES string of the molecule is CCNCC1COCCN1Cc1ccc(F)cc1Cl. The van der Waals surface area contributed by atoms with E-state index in [-0.39, 0.29) is 5.82 Å². The fraction of sp³-hybridized carbons (Fsp3) is 0.571. The normalized spacial score (nSPS) is 20.7. The lowest BCUT2D eigenvalue weighted by atomic mass is 10.1. The summed E-state index contributed by atoms with van der Waals surface area (Å²) in [5, 5.41) is 3.84. The molecule has 1 N–H and O–H groups in total. The van der Waals surface area contributed by atoms with E-state index in [4.69, 9.17) is 16.3 Å². The molecule has 1 aliphatic heterocycles. The van der Waals surface area contributed by atoms with E-state index in [0.717, 1.165) is 45.0 Å². The van der Waals surface area contributed by atoms with Gasteiger partial charge in [0.15, 0.2) is 0 Å². The highest BCUT2D eigenvalue weighted by Gasteiger charge is 2.23. The summed E-state index contributed by atoms with van der Waals surface area (Å²) in [6.07, 6.45) is 0. The van der Waals surface area contributed by atoms with Gasteiger partial charge in [-0.2, -0.15) is 0 Å². The van der Waals surface area contributed by atoms with E-state index in [1.54, 1.807) is 6.07 Å². The molecule has 1 aromatic rings. The lowest BCUT2D eigenvalue weighted by Crippen LogP contribution is -2.49. The van der Waals surface area contributed by atoms with Gasteiger partial charge in [0.1, 0.15) is 5.82 Å². The highest BCUT2D eigenvalue weighted by atomic mass is 35.5. The van der Waals surface area contributed by atoms with Crippen molar-refractivity contribution < 1.29 is 9.13 Å². The molecular weight excluding hydrogens is 267 g/mol. The first kappa shape index (κ1) is 14.7. The Kier molecular flexibility index (Phi) is 5.58. The molecule has 0 spiro atoms. The number of morpholine rings is 1. The van der Waals surface area contributed by atoms with Crippen molar-refractivity contribution in [1.29, 1.82) is 0 Å². The molecule has 1 fully saturated rings. The van der Waals surface area contributed by atoms with Crippen molar-refractivity contribution in [3.8, 4) is 0 Å². The van der Waals surface area contributed by atoms with E-state index in [9.17, 15) is 4.39 Å². The summed E-state index contributed by atoms with van der Waals surface area (Å²) in [4.78, 5) is 2.34. The van der Waals surface area contributed by atoms with Crippen molar-refractivity contribution >= 4 is 11.6 Å². The molecule has 5 heteroatoms. The predicted octanol–water partition coefficient (Wildman–Crippen LogP) is 2.29. The summed E-state index contributed by atoms with van der Waals surface area (Å²) in [5.74, 6) is -0.292. The van der Waals surface area contributed by atoms with Crippen molar-refractivity contribution in [3.05, 3.63) is 34.6 Å². The molecule has 0 aromatic heterocycles. The van der Waals surface area contributed by atoms with E-state index in [1.165, 1.54) is 12.1 Å². The van der Waals surface area contributed by atoms with Gasteiger partial charge in [0, 0.05) is 30.7 Å². The monoisotopic (exact) mass is 286 g/mol. The first-order valence-electron chi connectivity index (χ1n) is 6.67. The number of benzene rings is 1. The molecular formula is C14H20ClFN2O. The summed E-state index contributed by atoms with van der Waals surface area (Å²) in [6, 6.07) is 4.93. The zero-order valence-electron chi connectivity index (χ0n) is 11.2. The lowest BCUT2D eigenvalue weighted by Gasteiger charge is -2.35. The molecule has 1 atom stereocenters. The van der Waals surface area contributed by atoms with Crippen LogP contribution in [0, 0.1) is 5.82 Å². The molecule has 1 heterocycles. The Hall–Kier alpha value is -0.680. The molecule has 1 aliphatic rings. The van der Waals surface area contributed by atoms with Crippen LogP contribution < -0.4 is 5.32 Å². The Bertz CT molecular complexity index is 416. The highest BCUT2D eigenvalue weighted by Crippen LogP contribution is 2.20. The number of ether oxygens (including phenoxy) is 1. The third-order valence-corrected chi connectivity index (χ3v) is 3.72. The van der Waals surface area contributed by atoms with E-state index in [1.807, 2.05) is 0 Å². The lowest BCUT2D eigenvalue weighted by molar-refractivity contribution is -0.0107. The Morgan fingerprint density at radius 1 is 1.53 bits per heavy atom. The van der Waals surface area contributed by atoms with E-state index in [0.29, 0.717) is 11.1 Å².